The van der Waals surface area contributed by atoms with Crippen molar-refractivity contribution in [3.8, 4) is 5.75 Å². The van der Waals surface area contributed by atoms with Crippen LogP contribution in [0.15, 0.2) is 18.2 Å². The highest BCUT2D eigenvalue weighted by molar-refractivity contribution is 5.99. The van der Waals surface area contributed by atoms with Crippen LogP contribution in [-0.2, 0) is 12.4 Å². The molecule has 0 heterocycles. The fourth-order valence-electron chi connectivity index (χ4n) is 1.04. The molecule has 0 saturated heterocycles. The zero-order chi connectivity index (χ0) is 12.6. The van der Waals surface area contributed by atoms with E-state index in [1.165, 1.54) is 0 Å². The van der Waals surface area contributed by atoms with E-state index in [0.29, 0.717) is 12.1 Å². The normalized spacial score (nSPS) is 12.6. The minimum absolute atomic E-state index is 0.0442. The summed E-state index contributed by atoms with van der Waals surface area (Å²) in [5, 5.41) is 0. The fraction of sp³-hybridized carbons (Fsp3) is 0.250. The predicted octanol–water partition coefficient (Wildman–Crippen LogP) is 2.65. The van der Waals surface area contributed by atoms with Crippen LogP contribution in [0, 0.1) is 0 Å². The third-order valence-corrected chi connectivity index (χ3v) is 1.80. The summed E-state index contributed by atoms with van der Waals surface area (Å²) in [6, 6.07) is 1.06. The second kappa shape index (κ2) is 3.91. The minimum atomic E-state index is -4.84. The first kappa shape index (κ1) is 12.7. The van der Waals surface area contributed by atoms with Gasteiger partial charge in [0.2, 0.25) is 0 Å². The van der Waals surface area contributed by atoms with Crippen molar-refractivity contribution in [2.24, 2.45) is 0 Å². The lowest BCUT2D eigenvalue weighted by atomic mass is 10.1. The molecular weight excluding hydrogens is 237 g/mol. The van der Waals surface area contributed by atoms with Gasteiger partial charge < -0.3 is 4.65 Å². The van der Waals surface area contributed by atoms with Gasteiger partial charge in [0.15, 0.2) is 0 Å². The maximum Gasteiger partial charge on any atom is 0.416 e. The Morgan fingerprint density at radius 3 is 1.44 bits per heavy atom. The van der Waals surface area contributed by atoms with Crippen molar-refractivity contribution >= 4 is 8.05 Å². The molecule has 1 aromatic rings. The van der Waals surface area contributed by atoms with Crippen LogP contribution in [0.1, 0.15) is 11.1 Å². The number of halogens is 6. The third-order valence-electron chi connectivity index (χ3n) is 1.80. The van der Waals surface area contributed by atoms with Crippen molar-refractivity contribution in [1.29, 1.82) is 0 Å². The van der Waals surface area contributed by atoms with E-state index in [1.54, 1.807) is 0 Å². The van der Waals surface area contributed by atoms with Crippen molar-refractivity contribution in [3.63, 3.8) is 0 Å². The van der Waals surface area contributed by atoms with E-state index in [0.717, 1.165) is 8.05 Å². The van der Waals surface area contributed by atoms with Gasteiger partial charge in [0.25, 0.3) is 0 Å². The number of hydrogen-bond acceptors (Lipinski definition) is 1. The number of benzene rings is 1. The molecule has 8 heteroatoms. The zero-order valence-corrected chi connectivity index (χ0v) is 7.91. The van der Waals surface area contributed by atoms with Crippen LogP contribution in [0.4, 0.5) is 26.3 Å². The van der Waals surface area contributed by atoms with Crippen LogP contribution in [-0.4, -0.2) is 8.05 Å². The first-order valence-corrected chi connectivity index (χ1v) is 3.98. The summed E-state index contributed by atoms with van der Waals surface area (Å²) in [5.41, 5.74) is -2.78. The van der Waals surface area contributed by atoms with E-state index in [9.17, 15) is 26.3 Å². The van der Waals surface area contributed by atoms with Crippen LogP contribution < -0.4 is 4.65 Å². The summed E-state index contributed by atoms with van der Waals surface area (Å²) in [6.07, 6.45) is -9.68. The summed E-state index contributed by atoms with van der Waals surface area (Å²) >= 11 is 0. The van der Waals surface area contributed by atoms with Crippen LogP contribution in [0.25, 0.3) is 0 Å². The average molecular weight is 242 g/mol. The Balaban J connectivity index is 3.33. The summed E-state index contributed by atoms with van der Waals surface area (Å²) < 4.78 is 77.9. The Morgan fingerprint density at radius 1 is 0.812 bits per heavy atom. The van der Waals surface area contributed by atoms with E-state index < -0.39 is 29.2 Å². The van der Waals surface area contributed by atoms with Gasteiger partial charge in [-0.05, 0) is 18.2 Å². The number of rotatable bonds is 1. The molecule has 16 heavy (non-hydrogen) atoms. The van der Waals surface area contributed by atoms with Gasteiger partial charge in [0, 0.05) is 0 Å². The van der Waals surface area contributed by atoms with Crippen LogP contribution >= 0.6 is 0 Å². The highest BCUT2D eigenvalue weighted by Gasteiger charge is 2.36. The van der Waals surface area contributed by atoms with Gasteiger partial charge >= 0.3 is 20.4 Å². The summed E-state index contributed by atoms with van der Waals surface area (Å²) in [5.74, 6) is -0.484. The maximum absolute atomic E-state index is 12.2. The Morgan fingerprint density at radius 2 is 1.19 bits per heavy atom. The molecule has 0 aliphatic rings. The molecule has 0 saturated carbocycles. The molecular formula is C8H5BF6O. The van der Waals surface area contributed by atoms with Gasteiger partial charge in [-0.3, -0.25) is 0 Å². The van der Waals surface area contributed by atoms with Crippen LogP contribution in [0.3, 0.4) is 0 Å². The molecule has 0 amide bonds. The molecule has 0 fully saturated rings. The maximum atomic E-state index is 12.2. The highest BCUT2D eigenvalue weighted by atomic mass is 19.4. The molecule has 0 atom stereocenters. The van der Waals surface area contributed by atoms with Crippen molar-refractivity contribution < 1.29 is 31.0 Å². The van der Waals surface area contributed by atoms with Crippen LogP contribution in [0.2, 0.25) is 0 Å². The van der Waals surface area contributed by atoms with Gasteiger partial charge in [-0.2, -0.15) is 26.3 Å². The standard InChI is InChI=1S/C8H5BF6O/c9-16-6-2-4(7(10,11)12)1-5(3-6)8(13,14)15/h1-3H,9H2. The Bertz CT molecular complexity index is 351. The van der Waals surface area contributed by atoms with E-state index in [1.807, 2.05) is 0 Å². The minimum Gasteiger partial charge on any atom is -0.568 e. The molecule has 88 valence electrons. The van der Waals surface area contributed by atoms with E-state index >= 15 is 0 Å². The molecule has 0 aliphatic heterocycles. The molecule has 1 rings (SSSR count). The topological polar surface area (TPSA) is 9.23 Å². The predicted molar refractivity (Wildman–Crippen MR) is 45.6 cm³/mol. The van der Waals surface area contributed by atoms with Gasteiger partial charge in [-0.1, -0.05) is 0 Å². The molecule has 1 aromatic carbocycles. The van der Waals surface area contributed by atoms with Gasteiger partial charge in [0.05, 0.1) is 16.9 Å². The van der Waals surface area contributed by atoms with E-state index in [2.05, 4.69) is 4.65 Å². The van der Waals surface area contributed by atoms with Crippen molar-refractivity contribution in [2.75, 3.05) is 0 Å². The molecule has 0 aliphatic carbocycles. The highest BCUT2D eigenvalue weighted by Crippen LogP contribution is 2.37. The Kier molecular flexibility index (Phi) is 3.11. The van der Waals surface area contributed by atoms with E-state index in [-0.39, 0.29) is 6.07 Å². The molecule has 0 radical (unpaired) electrons. The van der Waals surface area contributed by atoms with Gasteiger partial charge in [0.1, 0.15) is 0 Å². The van der Waals surface area contributed by atoms with Crippen molar-refractivity contribution in [2.45, 2.75) is 12.4 Å². The first-order valence-electron chi connectivity index (χ1n) is 3.98. The quantitative estimate of drug-likeness (QED) is 0.543. The Labute approximate surface area is 87.5 Å². The van der Waals surface area contributed by atoms with Gasteiger partial charge in [-0.25, -0.2) is 0 Å². The molecule has 0 unspecified atom stereocenters. The van der Waals surface area contributed by atoms with Crippen molar-refractivity contribution in [3.05, 3.63) is 29.3 Å². The van der Waals surface area contributed by atoms with Crippen molar-refractivity contribution in [1.82, 2.24) is 0 Å². The smallest absolute Gasteiger partial charge is 0.416 e. The second-order valence-corrected chi connectivity index (χ2v) is 2.95. The molecule has 0 N–H and O–H groups in total. The molecule has 0 bridgehead atoms. The van der Waals surface area contributed by atoms with Crippen LogP contribution in [0.5, 0.6) is 5.75 Å². The summed E-state index contributed by atoms with van der Waals surface area (Å²) in [4.78, 5) is 0. The lowest BCUT2D eigenvalue weighted by Gasteiger charge is -2.13. The first-order chi connectivity index (χ1) is 7.14. The van der Waals surface area contributed by atoms with E-state index in [4.69, 9.17) is 0 Å². The Hall–Kier alpha value is -1.34. The monoisotopic (exact) mass is 242 g/mol. The number of hydrogen-bond donors (Lipinski definition) is 0. The lowest BCUT2D eigenvalue weighted by molar-refractivity contribution is -0.143. The molecule has 1 nitrogen and oxygen atoms in total. The SMILES string of the molecule is BOc1cc(C(F)(F)F)cc(C(F)(F)F)c1. The summed E-state index contributed by atoms with van der Waals surface area (Å²) in [6.45, 7) is 0. The molecule has 0 spiro atoms. The molecule has 0 aromatic heterocycles. The third kappa shape index (κ3) is 2.83. The zero-order valence-electron chi connectivity index (χ0n) is 7.91. The lowest BCUT2D eigenvalue weighted by Crippen LogP contribution is -2.11. The second-order valence-electron chi connectivity index (χ2n) is 2.95. The average Bonchev–Trinajstić information content (AvgIpc) is 2.14. The fourth-order valence-corrected chi connectivity index (χ4v) is 1.04. The largest absolute Gasteiger partial charge is 0.568 e. The van der Waals surface area contributed by atoms with Gasteiger partial charge in [-0.15, -0.1) is 0 Å². The number of alkyl halides is 6. The summed E-state index contributed by atoms with van der Waals surface area (Å²) in [7, 11) is 0.996.